The lowest BCUT2D eigenvalue weighted by molar-refractivity contribution is -0.142. The maximum Gasteiger partial charge on any atom is 0.298 e. The van der Waals surface area contributed by atoms with Crippen molar-refractivity contribution >= 4 is 27.5 Å². The Bertz CT molecular complexity index is 426. The van der Waals surface area contributed by atoms with Crippen LogP contribution in [0.3, 0.4) is 0 Å². The molecule has 1 aliphatic carbocycles. The van der Waals surface area contributed by atoms with Gasteiger partial charge in [-0.3, -0.25) is 18.9 Å². The highest BCUT2D eigenvalue weighted by Crippen LogP contribution is 2.13. The van der Waals surface area contributed by atoms with Gasteiger partial charge < -0.3 is 0 Å². The minimum atomic E-state index is -4.69. The number of ketones is 3. The Kier molecular flexibility index (Phi) is 2.14. The summed E-state index contributed by atoms with van der Waals surface area (Å²) in [5.41, 5.74) is 0. The van der Waals surface area contributed by atoms with E-state index in [0.717, 1.165) is 6.08 Å². The maximum atomic E-state index is 10.8. The Labute approximate surface area is 73.0 Å². The van der Waals surface area contributed by atoms with Crippen molar-refractivity contribution in [2.24, 2.45) is 0 Å². The number of hydrogen-bond donors (Lipinski definition) is 1. The molecule has 0 amide bonds. The molecule has 1 aliphatic rings. The van der Waals surface area contributed by atoms with Crippen LogP contribution in [0.2, 0.25) is 0 Å². The summed E-state index contributed by atoms with van der Waals surface area (Å²) >= 11 is 0. The molecule has 0 aliphatic heterocycles. The number of Topliss-reactive ketones (excluding diaryl/α,β-unsaturated/α-hetero) is 3. The fourth-order valence-corrected chi connectivity index (χ4v) is 1.45. The lowest BCUT2D eigenvalue weighted by atomic mass is 10.0. The van der Waals surface area contributed by atoms with Gasteiger partial charge >= 0.3 is 0 Å². The van der Waals surface area contributed by atoms with Crippen molar-refractivity contribution in [3.8, 4) is 0 Å². The van der Waals surface area contributed by atoms with Crippen molar-refractivity contribution in [2.45, 2.75) is 6.42 Å². The zero-order chi connectivity index (χ0) is 10.2. The van der Waals surface area contributed by atoms with Crippen molar-refractivity contribution in [3.63, 3.8) is 0 Å². The molecule has 0 radical (unpaired) electrons. The second-order valence-corrected chi connectivity index (χ2v) is 3.72. The molecular weight excluding hydrogens is 200 g/mol. The molecule has 0 spiro atoms. The molecule has 0 fully saturated rings. The van der Waals surface area contributed by atoms with Crippen molar-refractivity contribution < 1.29 is 27.4 Å². The van der Waals surface area contributed by atoms with Gasteiger partial charge in [-0.15, -0.1) is 0 Å². The lowest BCUT2D eigenvalue weighted by Crippen LogP contribution is -2.31. The molecule has 0 atom stereocenters. The van der Waals surface area contributed by atoms with E-state index in [1.807, 2.05) is 0 Å². The SMILES string of the molecule is O=C1CC=C(S(=O)(=O)O)C(=O)C1=O. The fourth-order valence-electron chi connectivity index (χ4n) is 0.832. The predicted molar refractivity (Wildman–Crippen MR) is 39.3 cm³/mol. The highest BCUT2D eigenvalue weighted by Gasteiger charge is 2.35. The molecule has 0 saturated carbocycles. The van der Waals surface area contributed by atoms with Gasteiger partial charge in [0, 0.05) is 6.42 Å². The summed E-state index contributed by atoms with van der Waals surface area (Å²) in [6, 6.07) is 0. The molecule has 0 aromatic rings. The molecule has 0 aromatic heterocycles. The standard InChI is InChI=1S/C6H4O6S/c7-3-1-2-4(13(10,11)12)6(9)5(3)8/h2H,1H2,(H,10,11,12). The van der Waals surface area contributed by atoms with E-state index in [1.165, 1.54) is 0 Å². The Balaban J connectivity index is 3.25. The average Bonchev–Trinajstić information content (AvgIpc) is 1.98. The van der Waals surface area contributed by atoms with Crippen molar-refractivity contribution in [3.05, 3.63) is 11.0 Å². The quantitative estimate of drug-likeness (QED) is 0.428. The Morgan fingerprint density at radius 1 is 1.15 bits per heavy atom. The smallest absolute Gasteiger partial charge is 0.290 e. The van der Waals surface area contributed by atoms with E-state index in [-0.39, 0.29) is 0 Å². The normalized spacial score (nSPS) is 18.8. The third-order valence-corrected chi connectivity index (χ3v) is 2.34. The van der Waals surface area contributed by atoms with Crippen LogP contribution in [0.4, 0.5) is 0 Å². The Hall–Kier alpha value is -1.34. The zero-order valence-corrected chi connectivity index (χ0v) is 7.00. The van der Waals surface area contributed by atoms with E-state index in [4.69, 9.17) is 4.55 Å². The van der Waals surface area contributed by atoms with Gasteiger partial charge in [0.25, 0.3) is 15.9 Å². The van der Waals surface area contributed by atoms with Crippen LogP contribution in [0.5, 0.6) is 0 Å². The van der Waals surface area contributed by atoms with Crippen LogP contribution in [-0.2, 0) is 24.5 Å². The first-order valence-corrected chi connectivity index (χ1v) is 4.57. The zero-order valence-electron chi connectivity index (χ0n) is 6.18. The molecule has 13 heavy (non-hydrogen) atoms. The first-order valence-electron chi connectivity index (χ1n) is 3.13. The molecule has 0 aromatic carbocycles. The second-order valence-electron chi connectivity index (χ2n) is 2.33. The van der Waals surface area contributed by atoms with Gasteiger partial charge in [-0.1, -0.05) is 6.08 Å². The Morgan fingerprint density at radius 2 is 1.69 bits per heavy atom. The first kappa shape index (κ1) is 9.75. The summed E-state index contributed by atoms with van der Waals surface area (Å²) in [4.78, 5) is 31.0. The summed E-state index contributed by atoms with van der Waals surface area (Å²) in [5, 5.41) is 0. The summed E-state index contributed by atoms with van der Waals surface area (Å²) in [6.07, 6.45) is 0.251. The highest BCUT2D eigenvalue weighted by atomic mass is 32.2. The first-order chi connectivity index (χ1) is 5.84. The van der Waals surface area contributed by atoms with E-state index >= 15 is 0 Å². The van der Waals surface area contributed by atoms with Gasteiger partial charge in [-0.05, 0) is 0 Å². The van der Waals surface area contributed by atoms with E-state index in [0.29, 0.717) is 0 Å². The van der Waals surface area contributed by atoms with Crippen molar-refractivity contribution in [1.82, 2.24) is 0 Å². The molecule has 6 nitrogen and oxygen atoms in total. The molecule has 0 saturated heterocycles. The average molecular weight is 204 g/mol. The van der Waals surface area contributed by atoms with Crippen LogP contribution in [0, 0.1) is 0 Å². The van der Waals surface area contributed by atoms with Crippen molar-refractivity contribution in [1.29, 1.82) is 0 Å². The van der Waals surface area contributed by atoms with Crippen LogP contribution in [0.1, 0.15) is 6.42 Å². The van der Waals surface area contributed by atoms with Crippen molar-refractivity contribution in [2.75, 3.05) is 0 Å². The highest BCUT2D eigenvalue weighted by molar-refractivity contribution is 7.91. The molecule has 7 heteroatoms. The molecular formula is C6H4O6S. The third-order valence-electron chi connectivity index (χ3n) is 1.43. The molecule has 0 bridgehead atoms. The van der Waals surface area contributed by atoms with E-state index in [1.54, 1.807) is 0 Å². The van der Waals surface area contributed by atoms with E-state index in [9.17, 15) is 22.8 Å². The molecule has 1 rings (SSSR count). The van der Waals surface area contributed by atoms with Gasteiger partial charge in [0.1, 0.15) is 4.91 Å². The van der Waals surface area contributed by atoms with Gasteiger partial charge in [-0.2, -0.15) is 8.42 Å². The van der Waals surface area contributed by atoms with E-state index in [2.05, 4.69) is 0 Å². The van der Waals surface area contributed by atoms with E-state index < -0.39 is 38.8 Å². The number of hydrogen-bond acceptors (Lipinski definition) is 5. The van der Waals surface area contributed by atoms with Gasteiger partial charge in [0.2, 0.25) is 11.6 Å². The largest absolute Gasteiger partial charge is 0.298 e. The molecule has 0 heterocycles. The number of rotatable bonds is 1. The lowest BCUT2D eigenvalue weighted by Gasteiger charge is -2.05. The minimum Gasteiger partial charge on any atom is -0.290 e. The number of carbonyl (C=O) groups is 3. The summed E-state index contributed by atoms with van der Waals surface area (Å²) < 4.78 is 29.3. The number of carbonyl (C=O) groups excluding carboxylic acids is 3. The van der Waals surface area contributed by atoms with Crippen LogP contribution >= 0.6 is 0 Å². The van der Waals surface area contributed by atoms with Crippen LogP contribution in [-0.4, -0.2) is 30.3 Å². The number of allylic oxidation sites excluding steroid dienone is 2. The van der Waals surface area contributed by atoms with Gasteiger partial charge in [0.15, 0.2) is 0 Å². The summed E-state index contributed by atoms with van der Waals surface area (Å²) in [7, 11) is -4.69. The Morgan fingerprint density at radius 3 is 2.15 bits per heavy atom. The van der Waals surface area contributed by atoms with Crippen LogP contribution < -0.4 is 0 Å². The van der Waals surface area contributed by atoms with Gasteiger partial charge in [-0.25, -0.2) is 0 Å². The van der Waals surface area contributed by atoms with Gasteiger partial charge in [0.05, 0.1) is 0 Å². The monoisotopic (exact) mass is 204 g/mol. The topological polar surface area (TPSA) is 106 Å². The summed E-state index contributed by atoms with van der Waals surface area (Å²) in [5.74, 6) is -3.86. The maximum absolute atomic E-state index is 10.8. The predicted octanol–water partition coefficient (Wildman–Crippen LogP) is -1.13. The molecule has 0 unspecified atom stereocenters. The molecule has 70 valence electrons. The second kappa shape index (κ2) is 2.86. The molecule has 1 N–H and O–H groups in total. The summed E-state index contributed by atoms with van der Waals surface area (Å²) in [6.45, 7) is 0. The van der Waals surface area contributed by atoms with Crippen LogP contribution in [0.25, 0.3) is 0 Å². The third kappa shape index (κ3) is 1.70. The van der Waals surface area contributed by atoms with Crippen LogP contribution in [0.15, 0.2) is 11.0 Å². The minimum absolute atomic E-state index is 0.473. The fraction of sp³-hybridized carbons (Fsp3) is 0.167.